The molecular weight excluding hydrogens is 256 g/mol. The Kier molecular flexibility index (Phi) is 5.83. The number of hydrogen-bond donors (Lipinski definition) is 3. The summed E-state index contributed by atoms with van der Waals surface area (Å²) in [5.41, 5.74) is 1.76. The fourth-order valence-electron chi connectivity index (χ4n) is 1.89. The number of aliphatic hydroxyl groups is 1. The summed E-state index contributed by atoms with van der Waals surface area (Å²) in [5.74, 6) is 0.749. The average Bonchev–Trinajstić information content (AvgIpc) is 3.29. The lowest BCUT2D eigenvalue weighted by Gasteiger charge is -2.10. The molecule has 1 saturated carbocycles. The first kappa shape index (κ1) is 14.8. The van der Waals surface area contributed by atoms with Crippen molar-refractivity contribution in [3.8, 4) is 0 Å². The van der Waals surface area contributed by atoms with Crippen LogP contribution in [0.25, 0.3) is 0 Å². The number of ether oxygens (including phenoxy) is 1. The predicted molar refractivity (Wildman–Crippen MR) is 76.1 cm³/mol. The van der Waals surface area contributed by atoms with E-state index in [0.29, 0.717) is 19.7 Å². The van der Waals surface area contributed by atoms with Crippen LogP contribution in [0.5, 0.6) is 0 Å². The van der Waals surface area contributed by atoms with E-state index in [-0.39, 0.29) is 12.6 Å². The summed E-state index contributed by atoms with van der Waals surface area (Å²) >= 11 is 0. The molecule has 0 spiro atoms. The van der Waals surface area contributed by atoms with Crippen molar-refractivity contribution in [2.24, 2.45) is 5.92 Å². The highest BCUT2D eigenvalue weighted by Gasteiger charge is 2.20. The molecule has 3 N–H and O–H groups in total. The second kappa shape index (κ2) is 7.87. The summed E-state index contributed by atoms with van der Waals surface area (Å²) in [6, 6.07) is 7.28. The molecule has 1 aliphatic carbocycles. The average molecular weight is 278 g/mol. The fourth-order valence-corrected chi connectivity index (χ4v) is 1.89. The molecule has 0 aromatic heterocycles. The molecule has 2 rings (SSSR count). The monoisotopic (exact) mass is 278 g/mol. The van der Waals surface area contributed by atoms with Gasteiger partial charge in [0.05, 0.1) is 13.2 Å². The number of aliphatic hydroxyl groups excluding tert-OH is 1. The molecule has 5 nitrogen and oxygen atoms in total. The van der Waals surface area contributed by atoms with Gasteiger partial charge in [0.1, 0.15) is 0 Å². The van der Waals surface area contributed by atoms with E-state index in [1.807, 2.05) is 24.3 Å². The number of carbonyl (C=O) groups is 1. The van der Waals surface area contributed by atoms with Crippen LogP contribution < -0.4 is 10.6 Å². The summed E-state index contributed by atoms with van der Waals surface area (Å²) in [4.78, 5) is 11.6. The van der Waals surface area contributed by atoms with Crippen LogP contribution in [0.2, 0.25) is 0 Å². The Morgan fingerprint density at radius 3 is 2.70 bits per heavy atom. The lowest BCUT2D eigenvalue weighted by Crippen LogP contribution is -2.37. The van der Waals surface area contributed by atoms with E-state index in [4.69, 9.17) is 4.74 Å². The van der Waals surface area contributed by atoms with E-state index in [9.17, 15) is 9.90 Å². The molecule has 0 bridgehead atoms. The molecule has 1 aliphatic rings. The van der Waals surface area contributed by atoms with Crippen molar-refractivity contribution >= 4 is 6.03 Å². The molecule has 1 aromatic carbocycles. The molecule has 1 aromatic rings. The summed E-state index contributed by atoms with van der Waals surface area (Å²) in [7, 11) is 0. The molecule has 5 heteroatoms. The first-order valence-electron chi connectivity index (χ1n) is 7.06. The van der Waals surface area contributed by atoms with Crippen molar-refractivity contribution in [1.29, 1.82) is 0 Å². The van der Waals surface area contributed by atoms with Crippen molar-refractivity contribution in [2.45, 2.75) is 26.0 Å². The molecular formula is C15H22N2O3. The van der Waals surface area contributed by atoms with Gasteiger partial charge in [0.25, 0.3) is 0 Å². The Morgan fingerprint density at radius 2 is 2.00 bits per heavy atom. The van der Waals surface area contributed by atoms with E-state index in [1.165, 1.54) is 12.8 Å². The lowest BCUT2D eigenvalue weighted by atomic mass is 10.1. The predicted octanol–water partition coefficient (Wildman–Crippen LogP) is 1.40. The maximum atomic E-state index is 11.6. The van der Waals surface area contributed by atoms with Crippen molar-refractivity contribution in [1.82, 2.24) is 10.6 Å². The highest BCUT2D eigenvalue weighted by atomic mass is 16.5. The van der Waals surface area contributed by atoms with Crippen LogP contribution in [0.15, 0.2) is 24.3 Å². The van der Waals surface area contributed by atoms with E-state index in [1.54, 1.807) is 0 Å². The van der Waals surface area contributed by atoms with E-state index < -0.39 is 0 Å². The quantitative estimate of drug-likeness (QED) is 0.630. The van der Waals surface area contributed by atoms with Crippen LogP contribution in [0.3, 0.4) is 0 Å². The van der Waals surface area contributed by atoms with Gasteiger partial charge in [-0.1, -0.05) is 24.3 Å². The largest absolute Gasteiger partial charge is 0.392 e. The standard InChI is InChI=1S/C15H22N2O3/c18-10-14-4-2-1-3-13(14)9-17-15(19)16-7-8-20-11-12-5-6-12/h1-4,12,18H,5-11H2,(H2,16,17,19). The number of amides is 2. The minimum Gasteiger partial charge on any atom is -0.392 e. The van der Waals surface area contributed by atoms with Gasteiger partial charge in [-0.05, 0) is 29.9 Å². The summed E-state index contributed by atoms with van der Waals surface area (Å²) in [6.45, 7) is 2.27. The molecule has 1 fully saturated rings. The van der Waals surface area contributed by atoms with Crippen LogP contribution >= 0.6 is 0 Å². The Labute approximate surface area is 119 Å². The Balaban J connectivity index is 1.59. The third-order valence-electron chi connectivity index (χ3n) is 3.31. The molecule has 0 radical (unpaired) electrons. The number of hydrogen-bond acceptors (Lipinski definition) is 3. The van der Waals surface area contributed by atoms with Crippen LogP contribution in [-0.2, 0) is 17.9 Å². The van der Waals surface area contributed by atoms with Crippen molar-refractivity contribution in [3.63, 3.8) is 0 Å². The maximum absolute atomic E-state index is 11.6. The smallest absolute Gasteiger partial charge is 0.315 e. The number of rotatable bonds is 8. The van der Waals surface area contributed by atoms with Gasteiger partial charge in [0.2, 0.25) is 0 Å². The molecule has 0 unspecified atom stereocenters. The summed E-state index contributed by atoms with van der Waals surface area (Å²) in [6.07, 6.45) is 2.55. The van der Waals surface area contributed by atoms with Crippen LogP contribution in [0.4, 0.5) is 4.79 Å². The Morgan fingerprint density at radius 1 is 1.25 bits per heavy atom. The first-order valence-corrected chi connectivity index (χ1v) is 7.06. The van der Waals surface area contributed by atoms with Gasteiger partial charge in [-0.25, -0.2) is 4.79 Å². The third kappa shape index (κ3) is 5.19. The summed E-state index contributed by atoms with van der Waals surface area (Å²) < 4.78 is 5.43. The summed E-state index contributed by atoms with van der Waals surface area (Å²) in [5, 5.41) is 14.7. The number of carbonyl (C=O) groups excluding carboxylic acids is 1. The van der Waals surface area contributed by atoms with Gasteiger partial charge in [-0.3, -0.25) is 0 Å². The maximum Gasteiger partial charge on any atom is 0.315 e. The molecule has 0 atom stereocenters. The zero-order chi connectivity index (χ0) is 14.2. The molecule has 20 heavy (non-hydrogen) atoms. The van der Waals surface area contributed by atoms with Gasteiger partial charge in [0, 0.05) is 19.7 Å². The minimum absolute atomic E-state index is 0.0194. The van der Waals surface area contributed by atoms with Gasteiger partial charge in [-0.15, -0.1) is 0 Å². The molecule has 0 saturated heterocycles. The molecule has 2 amide bonds. The van der Waals surface area contributed by atoms with Gasteiger partial charge in [0.15, 0.2) is 0 Å². The van der Waals surface area contributed by atoms with Crippen LogP contribution in [0, 0.1) is 5.92 Å². The Hall–Kier alpha value is -1.59. The molecule has 110 valence electrons. The zero-order valence-electron chi connectivity index (χ0n) is 11.6. The van der Waals surface area contributed by atoms with Gasteiger partial charge in [-0.2, -0.15) is 0 Å². The highest BCUT2D eigenvalue weighted by molar-refractivity contribution is 5.73. The lowest BCUT2D eigenvalue weighted by molar-refractivity contribution is 0.127. The van der Waals surface area contributed by atoms with Crippen molar-refractivity contribution < 1.29 is 14.6 Å². The van der Waals surface area contributed by atoms with Gasteiger partial charge >= 0.3 is 6.03 Å². The number of urea groups is 1. The SMILES string of the molecule is O=C(NCCOCC1CC1)NCc1ccccc1CO. The first-order chi connectivity index (χ1) is 9.79. The fraction of sp³-hybridized carbons (Fsp3) is 0.533. The van der Waals surface area contributed by atoms with Crippen molar-refractivity contribution in [2.75, 3.05) is 19.8 Å². The van der Waals surface area contributed by atoms with Crippen LogP contribution in [-0.4, -0.2) is 30.9 Å². The Bertz CT molecular complexity index is 433. The second-order valence-corrected chi connectivity index (χ2v) is 5.05. The molecule has 0 heterocycles. The van der Waals surface area contributed by atoms with E-state index in [0.717, 1.165) is 23.7 Å². The topological polar surface area (TPSA) is 70.6 Å². The zero-order valence-corrected chi connectivity index (χ0v) is 11.6. The highest BCUT2D eigenvalue weighted by Crippen LogP contribution is 2.28. The third-order valence-corrected chi connectivity index (χ3v) is 3.31. The van der Waals surface area contributed by atoms with E-state index in [2.05, 4.69) is 10.6 Å². The second-order valence-electron chi connectivity index (χ2n) is 5.05. The number of benzene rings is 1. The normalized spacial score (nSPS) is 14.1. The minimum atomic E-state index is -0.215. The van der Waals surface area contributed by atoms with Crippen molar-refractivity contribution in [3.05, 3.63) is 35.4 Å². The van der Waals surface area contributed by atoms with Gasteiger partial charge < -0.3 is 20.5 Å². The van der Waals surface area contributed by atoms with Crippen LogP contribution in [0.1, 0.15) is 24.0 Å². The van der Waals surface area contributed by atoms with E-state index >= 15 is 0 Å². The number of nitrogens with one attached hydrogen (secondary N) is 2. The molecule has 0 aliphatic heterocycles.